The van der Waals surface area contributed by atoms with Gasteiger partial charge in [-0.3, -0.25) is 9.59 Å². The number of ether oxygens (including phenoxy) is 1. The lowest BCUT2D eigenvalue weighted by Gasteiger charge is -2.21. The molecule has 2 atom stereocenters. The second kappa shape index (κ2) is 7.38. The quantitative estimate of drug-likeness (QED) is 0.848. The maximum Gasteiger partial charge on any atom is 0.305 e. The Morgan fingerprint density at radius 1 is 1.24 bits per heavy atom. The van der Waals surface area contributed by atoms with Crippen LogP contribution in [0.1, 0.15) is 41.5 Å². The Morgan fingerprint density at radius 2 is 2.04 bits per heavy atom. The molecule has 0 saturated heterocycles. The number of amides is 1. The second-order valence-corrected chi connectivity index (χ2v) is 6.23. The predicted molar refractivity (Wildman–Crippen MR) is 93.6 cm³/mol. The summed E-state index contributed by atoms with van der Waals surface area (Å²) < 4.78 is 5.20. The van der Waals surface area contributed by atoms with Gasteiger partial charge in [-0.1, -0.05) is 36.4 Å². The van der Waals surface area contributed by atoms with E-state index >= 15 is 0 Å². The Kier molecular flexibility index (Phi) is 5.03. The van der Waals surface area contributed by atoms with Gasteiger partial charge in [0.2, 0.25) is 5.91 Å². The van der Waals surface area contributed by atoms with Crippen molar-refractivity contribution in [3.63, 3.8) is 0 Å². The standard InChI is InChI=1S/C20H21NO4/c1-25-15-7-4-6-14(11-15)18(12-19(22)23)21-20(24)17-10-9-13-5-2-3-8-16(13)17/h2-8,11,17-18H,9-10,12H2,1H3,(H,21,24)(H,22,23). The molecule has 5 nitrogen and oxygen atoms in total. The predicted octanol–water partition coefficient (Wildman–Crippen LogP) is 3.06. The minimum atomic E-state index is -0.958. The highest BCUT2D eigenvalue weighted by Gasteiger charge is 2.30. The first-order valence-electron chi connectivity index (χ1n) is 8.32. The Hall–Kier alpha value is -2.82. The highest BCUT2D eigenvalue weighted by atomic mass is 16.5. The first kappa shape index (κ1) is 17.0. The van der Waals surface area contributed by atoms with E-state index in [1.54, 1.807) is 31.4 Å². The van der Waals surface area contributed by atoms with Crippen LogP contribution in [-0.2, 0) is 16.0 Å². The van der Waals surface area contributed by atoms with Crippen molar-refractivity contribution in [1.82, 2.24) is 5.32 Å². The first-order chi connectivity index (χ1) is 12.1. The number of hydrogen-bond donors (Lipinski definition) is 2. The summed E-state index contributed by atoms with van der Waals surface area (Å²) in [6.07, 6.45) is 1.45. The topological polar surface area (TPSA) is 75.6 Å². The Balaban J connectivity index is 1.81. The molecule has 0 saturated carbocycles. The van der Waals surface area contributed by atoms with Gasteiger partial charge in [-0.25, -0.2) is 0 Å². The largest absolute Gasteiger partial charge is 0.497 e. The van der Waals surface area contributed by atoms with Crippen molar-refractivity contribution in [2.45, 2.75) is 31.2 Å². The van der Waals surface area contributed by atoms with Crippen LogP contribution < -0.4 is 10.1 Å². The highest BCUT2D eigenvalue weighted by Crippen LogP contribution is 2.34. The van der Waals surface area contributed by atoms with Crippen LogP contribution in [0.4, 0.5) is 0 Å². The molecule has 25 heavy (non-hydrogen) atoms. The van der Waals surface area contributed by atoms with Crippen LogP contribution in [0.15, 0.2) is 48.5 Å². The van der Waals surface area contributed by atoms with Gasteiger partial charge in [0, 0.05) is 0 Å². The van der Waals surface area contributed by atoms with Crippen molar-refractivity contribution in [3.8, 4) is 5.75 Å². The third-order valence-corrected chi connectivity index (χ3v) is 4.64. The van der Waals surface area contributed by atoms with Gasteiger partial charge in [-0.15, -0.1) is 0 Å². The van der Waals surface area contributed by atoms with Crippen molar-refractivity contribution in [3.05, 3.63) is 65.2 Å². The molecule has 2 aromatic carbocycles. The van der Waals surface area contributed by atoms with Gasteiger partial charge in [0.05, 0.1) is 25.5 Å². The van der Waals surface area contributed by atoms with Crippen LogP contribution in [0.3, 0.4) is 0 Å². The van der Waals surface area contributed by atoms with Crippen LogP contribution >= 0.6 is 0 Å². The molecule has 0 aromatic heterocycles. The zero-order chi connectivity index (χ0) is 17.8. The number of carbonyl (C=O) groups is 2. The van der Waals surface area contributed by atoms with Gasteiger partial charge in [-0.2, -0.15) is 0 Å². The number of benzene rings is 2. The van der Waals surface area contributed by atoms with Crippen LogP contribution in [0.5, 0.6) is 5.75 Å². The van der Waals surface area contributed by atoms with Crippen LogP contribution in [0.25, 0.3) is 0 Å². The van der Waals surface area contributed by atoms with E-state index in [4.69, 9.17) is 4.74 Å². The average Bonchev–Trinajstić information content (AvgIpc) is 3.05. The fourth-order valence-electron chi connectivity index (χ4n) is 3.39. The number of nitrogens with one attached hydrogen (secondary N) is 1. The van der Waals surface area contributed by atoms with E-state index in [0.717, 1.165) is 24.0 Å². The molecule has 0 radical (unpaired) electrons. The molecule has 1 aliphatic carbocycles. The Morgan fingerprint density at radius 3 is 2.80 bits per heavy atom. The fourth-order valence-corrected chi connectivity index (χ4v) is 3.39. The number of aliphatic carboxylic acids is 1. The molecule has 130 valence electrons. The summed E-state index contributed by atoms with van der Waals surface area (Å²) in [4.78, 5) is 24.0. The first-order valence-corrected chi connectivity index (χ1v) is 8.32. The lowest BCUT2D eigenvalue weighted by molar-refractivity contribution is -0.137. The number of hydrogen-bond acceptors (Lipinski definition) is 3. The van der Waals surface area contributed by atoms with E-state index in [9.17, 15) is 14.7 Å². The fraction of sp³-hybridized carbons (Fsp3) is 0.300. The molecule has 0 heterocycles. The van der Waals surface area contributed by atoms with Crippen molar-refractivity contribution in [1.29, 1.82) is 0 Å². The molecule has 3 rings (SSSR count). The van der Waals surface area contributed by atoms with Crippen molar-refractivity contribution < 1.29 is 19.4 Å². The zero-order valence-electron chi connectivity index (χ0n) is 14.1. The summed E-state index contributed by atoms with van der Waals surface area (Å²) in [7, 11) is 1.55. The summed E-state index contributed by atoms with van der Waals surface area (Å²) in [5, 5.41) is 12.1. The van der Waals surface area contributed by atoms with E-state index in [2.05, 4.69) is 5.32 Å². The molecule has 0 aliphatic heterocycles. The molecule has 1 amide bonds. The van der Waals surface area contributed by atoms with E-state index in [0.29, 0.717) is 5.75 Å². The third-order valence-electron chi connectivity index (χ3n) is 4.64. The molecule has 2 N–H and O–H groups in total. The van der Waals surface area contributed by atoms with Gasteiger partial charge < -0.3 is 15.2 Å². The van der Waals surface area contributed by atoms with Crippen molar-refractivity contribution in [2.75, 3.05) is 7.11 Å². The second-order valence-electron chi connectivity index (χ2n) is 6.23. The Labute approximate surface area is 146 Å². The van der Waals surface area contributed by atoms with Gasteiger partial charge in [-0.05, 0) is 41.7 Å². The molecular weight excluding hydrogens is 318 g/mol. The van der Waals surface area contributed by atoms with Crippen molar-refractivity contribution >= 4 is 11.9 Å². The lowest BCUT2D eigenvalue weighted by atomic mass is 9.98. The molecule has 2 unspecified atom stereocenters. The van der Waals surface area contributed by atoms with Gasteiger partial charge >= 0.3 is 5.97 Å². The zero-order valence-corrected chi connectivity index (χ0v) is 14.1. The smallest absolute Gasteiger partial charge is 0.305 e. The monoisotopic (exact) mass is 339 g/mol. The molecular formula is C20H21NO4. The van der Waals surface area contributed by atoms with Gasteiger partial charge in [0.1, 0.15) is 5.75 Å². The Bertz CT molecular complexity index is 787. The minimum absolute atomic E-state index is 0.126. The molecule has 0 bridgehead atoms. The normalized spacial score (nSPS) is 16.8. The maximum absolute atomic E-state index is 12.8. The summed E-state index contributed by atoms with van der Waals surface area (Å²) in [6, 6.07) is 14.5. The van der Waals surface area contributed by atoms with E-state index in [1.807, 2.05) is 24.3 Å². The summed E-state index contributed by atoms with van der Waals surface area (Å²) in [5.41, 5.74) is 2.96. The minimum Gasteiger partial charge on any atom is -0.497 e. The number of rotatable bonds is 6. The van der Waals surface area contributed by atoms with Gasteiger partial charge in [0.25, 0.3) is 0 Å². The molecule has 0 fully saturated rings. The van der Waals surface area contributed by atoms with Crippen LogP contribution in [0.2, 0.25) is 0 Å². The SMILES string of the molecule is COc1cccc(C(CC(=O)O)NC(=O)C2CCc3ccccc32)c1. The van der Waals surface area contributed by atoms with Crippen LogP contribution in [-0.4, -0.2) is 24.1 Å². The summed E-state index contributed by atoms with van der Waals surface area (Å²) >= 11 is 0. The number of carbonyl (C=O) groups excluding carboxylic acids is 1. The number of aryl methyl sites for hydroxylation is 1. The third kappa shape index (κ3) is 3.82. The maximum atomic E-state index is 12.8. The number of fused-ring (bicyclic) bond motifs is 1. The number of carboxylic acid groups (broad SMARTS) is 1. The number of carboxylic acids is 1. The lowest BCUT2D eigenvalue weighted by Crippen LogP contribution is -2.33. The van der Waals surface area contributed by atoms with Gasteiger partial charge in [0.15, 0.2) is 0 Å². The molecule has 5 heteroatoms. The average molecular weight is 339 g/mol. The van der Waals surface area contributed by atoms with Crippen molar-refractivity contribution in [2.24, 2.45) is 0 Å². The molecule has 0 spiro atoms. The summed E-state index contributed by atoms with van der Waals surface area (Å²) in [6.45, 7) is 0. The number of methoxy groups -OCH3 is 1. The van der Waals surface area contributed by atoms with E-state index in [-0.39, 0.29) is 18.2 Å². The van der Waals surface area contributed by atoms with E-state index < -0.39 is 12.0 Å². The van der Waals surface area contributed by atoms with E-state index in [1.165, 1.54) is 5.56 Å². The van der Waals surface area contributed by atoms with Crippen LogP contribution in [0, 0.1) is 0 Å². The molecule has 2 aromatic rings. The highest BCUT2D eigenvalue weighted by molar-refractivity contribution is 5.85. The molecule has 1 aliphatic rings. The summed E-state index contributed by atoms with van der Waals surface area (Å²) in [5.74, 6) is -0.676.